The minimum absolute atomic E-state index is 0.0776. The molecule has 6 rings (SSSR count). The molecule has 228 valence electrons. The highest BCUT2D eigenvalue weighted by Crippen LogP contribution is 2.26. The lowest BCUT2D eigenvalue weighted by Gasteiger charge is -2.31. The third-order valence-electron chi connectivity index (χ3n) is 9.00. The number of aromatic amines is 1. The number of likely N-dealkylation sites (tertiary alicyclic amines) is 1. The number of fused-ring (bicyclic) bond motifs is 1. The minimum atomic E-state index is 0.0776. The number of hydrogen-bond donors (Lipinski definition) is 1. The van der Waals surface area contributed by atoms with Crippen molar-refractivity contribution >= 4 is 28.1 Å². The zero-order valence-corrected chi connectivity index (χ0v) is 27.1. The van der Waals surface area contributed by atoms with Gasteiger partial charge < -0.3 is 9.88 Å². The van der Waals surface area contributed by atoms with Gasteiger partial charge in [-0.2, -0.15) is 0 Å². The van der Waals surface area contributed by atoms with Gasteiger partial charge in [-0.3, -0.25) is 9.69 Å². The number of hydrogen-bond acceptors (Lipinski definition) is 4. The molecule has 1 fully saturated rings. The SMILES string of the molecule is CC(C)(C)c1ccc(CN(CCc2c[nH]c3ccccc23)Cc2nc(C(=O)N3CCC(Cc4ccccc4)CC3)cs2)cc1. The lowest BCUT2D eigenvalue weighted by atomic mass is 9.87. The van der Waals surface area contributed by atoms with Crippen LogP contribution in [0, 0.1) is 5.92 Å². The van der Waals surface area contributed by atoms with Crippen LogP contribution in [0.5, 0.6) is 0 Å². The first-order valence-corrected chi connectivity index (χ1v) is 16.8. The van der Waals surface area contributed by atoms with E-state index in [1.54, 1.807) is 11.3 Å². The number of nitrogens with one attached hydrogen (secondary N) is 1. The topological polar surface area (TPSA) is 52.2 Å². The van der Waals surface area contributed by atoms with Gasteiger partial charge in [0, 0.05) is 48.7 Å². The van der Waals surface area contributed by atoms with Crippen molar-refractivity contribution in [2.45, 2.75) is 65.0 Å². The summed E-state index contributed by atoms with van der Waals surface area (Å²) < 4.78 is 0. The third kappa shape index (κ3) is 7.48. The highest BCUT2D eigenvalue weighted by atomic mass is 32.1. The Kier molecular flexibility index (Phi) is 9.29. The summed E-state index contributed by atoms with van der Waals surface area (Å²) in [6, 6.07) is 28.3. The fourth-order valence-electron chi connectivity index (χ4n) is 6.32. The maximum Gasteiger partial charge on any atom is 0.273 e. The summed E-state index contributed by atoms with van der Waals surface area (Å²) >= 11 is 1.61. The van der Waals surface area contributed by atoms with E-state index >= 15 is 0 Å². The molecule has 5 aromatic rings. The molecule has 0 unspecified atom stereocenters. The summed E-state index contributed by atoms with van der Waals surface area (Å²) in [6.07, 6.45) is 6.28. The molecule has 1 N–H and O–H groups in total. The maximum atomic E-state index is 13.4. The van der Waals surface area contributed by atoms with Crippen molar-refractivity contribution in [3.05, 3.63) is 123 Å². The van der Waals surface area contributed by atoms with Gasteiger partial charge in [0.05, 0.1) is 6.54 Å². The fraction of sp³-hybridized carbons (Fsp3) is 0.368. The van der Waals surface area contributed by atoms with Crippen LogP contribution in [0.1, 0.15) is 71.4 Å². The number of nitrogens with zero attached hydrogens (tertiary/aromatic N) is 3. The largest absolute Gasteiger partial charge is 0.361 e. The molecule has 44 heavy (non-hydrogen) atoms. The molecular weight excluding hydrogens is 561 g/mol. The van der Waals surface area contributed by atoms with Gasteiger partial charge in [-0.05, 0) is 65.3 Å². The van der Waals surface area contributed by atoms with E-state index in [1.807, 2.05) is 10.3 Å². The van der Waals surface area contributed by atoms with E-state index in [4.69, 9.17) is 4.98 Å². The Morgan fingerprint density at radius 3 is 2.41 bits per heavy atom. The number of carbonyl (C=O) groups is 1. The molecule has 0 radical (unpaired) electrons. The molecule has 1 saturated heterocycles. The quantitative estimate of drug-likeness (QED) is 0.175. The van der Waals surface area contributed by atoms with Crippen LogP contribution in [-0.2, 0) is 31.3 Å². The van der Waals surface area contributed by atoms with Crippen LogP contribution in [0.25, 0.3) is 10.9 Å². The molecule has 0 saturated carbocycles. The molecule has 2 aromatic heterocycles. The monoisotopic (exact) mass is 604 g/mol. The smallest absolute Gasteiger partial charge is 0.273 e. The van der Waals surface area contributed by atoms with E-state index in [0.717, 1.165) is 63.4 Å². The Labute approximate surface area is 266 Å². The Hall–Kier alpha value is -3.74. The van der Waals surface area contributed by atoms with Crippen LogP contribution in [0.4, 0.5) is 0 Å². The number of H-pyrrole nitrogens is 1. The number of carbonyl (C=O) groups excluding carboxylic acids is 1. The molecule has 1 amide bonds. The standard InChI is InChI=1S/C38H44N4OS/c1-38(2,3)32-15-13-30(14-16-32)25-41(20-19-31-24-39-34-12-8-7-11-33(31)34)26-36-40-35(27-44-36)37(43)42-21-17-29(18-22-42)23-28-9-5-4-6-10-28/h4-16,24,27,29,39H,17-23,25-26H2,1-3H3. The van der Waals surface area contributed by atoms with Crippen LogP contribution >= 0.6 is 11.3 Å². The second-order valence-electron chi connectivity index (χ2n) is 13.3. The van der Waals surface area contributed by atoms with Gasteiger partial charge >= 0.3 is 0 Å². The van der Waals surface area contributed by atoms with E-state index < -0.39 is 0 Å². The van der Waals surface area contributed by atoms with E-state index in [0.29, 0.717) is 11.6 Å². The second-order valence-corrected chi connectivity index (χ2v) is 14.3. The van der Waals surface area contributed by atoms with Crippen molar-refractivity contribution in [1.29, 1.82) is 0 Å². The van der Waals surface area contributed by atoms with Gasteiger partial charge in [-0.1, -0.05) is 93.6 Å². The average molecular weight is 605 g/mol. The van der Waals surface area contributed by atoms with Gasteiger partial charge in [-0.25, -0.2) is 4.98 Å². The zero-order valence-electron chi connectivity index (χ0n) is 26.3. The third-order valence-corrected chi connectivity index (χ3v) is 9.83. The predicted molar refractivity (Wildman–Crippen MR) is 182 cm³/mol. The van der Waals surface area contributed by atoms with Crippen LogP contribution < -0.4 is 0 Å². The van der Waals surface area contributed by atoms with E-state index in [-0.39, 0.29) is 11.3 Å². The fourth-order valence-corrected chi connectivity index (χ4v) is 7.13. The number of thiazole rings is 1. The average Bonchev–Trinajstić information content (AvgIpc) is 3.67. The molecule has 0 atom stereocenters. The van der Waals surface area contributed by atoms with Crippen LogP contribution in [-0.4, -0.2) is 45.3 Å². The summed E-state index contributed by atoms with van der Waals surface area (Å²) in [5.41, 5.74) is 7.27. The van der Waals surface area contributed by atoms with Gasteiger partial charge in [0.25, 0.3) is 5.91 Å². The maximum absolute atomic E-state index is 13.4. The van der Waals surface area contributed by atoms with Crippen molar-refractivity contribution in [2.24, 2.45) is 5.92 Å². The lowest BCUT2D eigenvalue weighted by molar-refractivity contribution is 0.0685. The van der Waals surface area contributed by atoms with Crippen molar-refractivity contribution in [2.75, 3.05) is 19.6 Å². The number of rotatable bonds is 10. The number of benzene rings is 3. The predicted octanol–water partition coefficient (Wildman–Crippen LogP) is 8.26. The summed E-state index contributed by atoms with van der Waals surface area (Å²) in [5.74, 6) is 0.712. The van der Waals surface area contributed by atoms with E-state index in [1.165, 1.54) is 33.2 Å². The summed E-state index contributed by atoms with van der Waals surface area (Å²) in [6.45, 7) is 10.8. The normalized spacial score (nSPS) is 14.5. The molecule has 3 heterocycles. The number of para-hydroxylation sites is 1. The molecule has 5 nitrogen and oxygen atoms in total. The Bertz CT molecular complexity index is 1660. The van der Waals surface area contributed by atoms with Crippen molar-refractivity contribution in [1.82, 2.24) is 19.8 Å². The number of amides is 1. The first-order chi connectivity index (χ1) is 21.3. The minimum Gasteiger partial charge on any atom is -0.361 e. The van der Waals surface area contributed by atoms with Gasteiger partial charge in [0.15, 0.2) is 0 Å². The molecule has 1 aliphatic rings. The highest BCUT2D eigenvalue weighted by Gasteiger charge is 2.25. The Morgan fingerprint density at radius 1 is 0.932 bits per heavy atom. The van der Waals surface area contributed by atoms with E-state index in [2.05, 4.69) is 116 Å². The number of piperidine rings is 1. The lowest BCUT2D eigenvalue weighted by Crippen LogP contribution is -2.39. The molecule has 1 aliphatic heterocycles. The molecule has 6 heteroatoms. The van der Waals surface area contributed by atoms with E-state index in [9.17, 15) is 4.79 Å². The molecule has 0 bridgehead atoms. The highest BCUT2D eigenvalue weighted by molar-refractivity contribution is 7.09. The van der Waals surface area contributed by atoms with Crippen molar-refractivity contribution in [3.8, 4) is 0 Å². The zero-order chi connectivity index (χ0) is 30.5. The van der Waals surface area contributed by atoms with Gasteiger partial charge in [-0.15, -0.1) is 11.3 Å². The van der Waals surface area contributed by atoms with Crippen LogP contribution in [0.3, 0.4) is 0 Å². The van der Waals surface area contributed by atoms with Crippen molar-refractivity contribution < 1.29 is 4.79 Å². The molecule has 0 aliphatic carbocycles. The Balaban J connectivity index is 1.11. The first-order valence-electron chi connectivity index (χ1n) is 16.0. The second kappa shape index (κ2) is 13.5. The molecule has 0 spiro atoms. The molecular formula is C38H44N4OS. The number of aromatic nitrogens is 2. The molecule has 3 aromatic carbocycles. The van der Waals surface area contributed by atoms with Gasteiger partial charge in [0.1, 0.15) is 10.7 Å². The summed E-state index contributed by atoms with van der Waals surface area (Å²) in [4.78, 5) is 26.2. The van der Waals surface area contributed by atoms with Crippen molar-refractivity contribution in [3.63, 3.8) is 0 Å². The van der Waals surface area contributed by atoms with Gasteiger partial charge in [0.2, 0.25) is 0 Å². The summed E-state index contributed by atoms with van der Waals surface area (Å²) in [5, 5.41) is 4.25. The Morgan fingerprint density at radius 2 is 1.66 bits per heavy atom. The summed E-state index contributed by atoms with van der Waals surface area (Å²) in [7, 11) is 0. The first kappa shape index (κ1) is 30.3. The van der Waals surface area contributed by atoms with Crippen LogP contribution in [0.15, 0.2) is 90.4 Å². The van der Waals surface area contributed by atoms with Crippen LogP contribution in [0.2, 0.25) is 0 Å².